The molecule has 0 atom stereocenters. The molecule has 158 valence electrons. The van der Waals surface area contributed by atoms with Crippen LogP contribution in [0.1, 0.15) is 12.1 Å². The minimum absolute atomic E-state index is 0.338. The lowest BCUT2D eigenvalue weighted by atomic mass is 10.0. The number of nitrogens with zero attached hydrogens (tertiary/aromatic N) is 2. The Morgan fingerprint density at radius 1 is 1.07 bits per heavy atom. The van der Waals surface area contributed by atoms with Crippen molar-refractivity contribution in [3.63, 3.8) is 0 Å². The fraction of sp³-hybridized carbons (Fsp3) is 0.250. The van der Waals surface area contributed by atoms with E-state index in [1.807, 2.05) is 30.3 Å². The number of aromatic nitrogens is 2. The first kappa shape index (κ1) is 20.6. The Morgan fingerprint density at radius 3 is 2.50 bits per heavy atom. The van der Waals surface area contributed by atoms with Crippen LogP contribution in [0.25, 0.3) is 27.7 Å². The van der Waals surface area contributed by atoms with E-state index in [0.717, 1.165) is 34.0 Å². The molecule has 10 heteroatoms. The van der Waals surface area contributed by atoms with Crippen molar-refractivity contribution in [1.29, 1.82) is 0 Å². The predicted octanol–water partition coefficient (Wildman–Crippen LogP) is 2.65. The molecule has 0 saturated carbocycles. The summed E-state index contributed by atoms with van der Waals surface area (Å²) < 4.78 is 51.0. The molecule has 1 aliphatic rings. The van der Waals surface area contributed by atoms with Gasteiger partial charge in [0.15, 0.2) is 0 Å². The number of anilines is 1. The zero-order chi connectivity index (χ0) is 21.5. The summed E-state index contributed by atoms with van der Waals surface area (Å²) in [5, 5.41) is 0.863. The molecule has 0 fully saturated rings. The molecule has 0 unspecified atom stereocenters. The van der Waals surface area contributed by atoms with Crippen LogP contribution in [0.3, 0.4) is 0 Å². The number of aromatic amines is 1. The first-order valence-corrected chi connectivity index (χ1v) is 13.1. The van der Waals surface area contributed by atoms with E-state index < -0.39 is 20.0 Å². The number of sulfonamides is 2. The molecule has 0 amide bonds. The lowest BCUT2D eigenvalue weighted by Crippen LogP contribution is -2.33. The topological polar surface area (TPSA) is 112 Å². The van der Waals surface area contributed by atoms with Crippen LogP contribution in [0.15, 0.2) is 48.7 Å². The molecule has 0 radical (unpaired) electrons. The number of benzene rings is 1. The van der Waals surface area contributed by atoms with E-state index in [9.17, 15) is 16.8 Å². The van der Waals surface area contributed by atoms with Crippen molar-refractivity contribution in [2.24, 2.45) is 0 Å². The fourth-order valence-electron chi connectivity index (χ4n) is 3.64. The highest BCUT2D eigenvalue weighted by atomic mass is 32.2. The molecule has 30 heavy (non-hydrogen) atoms. The summed E-state index contributed by atoms with van der Waals surface area (Å²) in [5.41, 5.74) is 4.69. The predicted molar refractivity (Wildman–Crippen MR) is 119 cm³/mol. The molecular weight excluding hydrogens is 424 g/mol. The summed E-state index contributed by atoms with van der Waals surface area (Å²) in [7, 11) is -6.64. The van der Waals surface area contributed by atoms with E-state index in [-0.39, 0.29) is 0 Å². The smallest absolute Gasteiger partial charge is 0.229 e. The Morgan fingerprint density at radius 2 is 1.83 bits per heavy atom. The molecule has 0 aliphatic carbocycles. The van der Waals surface area contributed by atoms with Gasteiger partial charge in [0.1, 0.15) is 5.65 Å². The van der Waals surface area contributed by atoms with Gasteiger partial charge in [0, 0.05) is 35.9 Å². The third-order valence-electron chi connectivity index (χ3n) is 5.03. The zero-order valence-corrected chi connectivity index (χ0v) is 18.2. The summed E-state index contributed by atoms with van der Waals surface area (Å²) >= 11 is 0. The summed E-state index contributed by atoms with van der Waals surface area (Å²) in [6.45, 7) is 0.770. The molecule has 1 aromatic carbocycles. The molecule has 0 bridgehead atoms. The van der Waals surface area contributed by atoms with Gasteiger partial charge in [-0.25, -0.2) is 21.8 Å². The monoisotopic (exact) mass is 446 g/mol. The van der Waals surface area contributed by atoms with Gasteiger partial charge in [-0.1, -0.05) is 24.3 Å². The van der Waals surface area contributed by atoms with Crippen molar-refractivity contribution in [3.8, 4) is 11.1 Å². The maximum atomic E-state index is 11.8. The van der Waals surface area contributed by atoms with Crippen LogP contribution in [0.2, 0.25) is 0 Å². The minimum Gasteiger partial charge on any atom is -0.339 e. The van der Waals surface area contributed by atoms with E-state index in [4.69, 9.17) is 0 Å². The van der Waals surface area contributed by atoms with E-state index in [0.29, 0.717) is 30.8 Å². The Balaban J connectivity index is 1.76. The van der Waals surface area contributed by atoms with Crippen LogP contribution in [-0.2, 0) is 20.0 Å². The van der Waals surface area contributed by atoms with E-state index in [1.54, 1.807) is 18.3 Å². The third kappa shape index (κ3) is 4.25. The van der Waals surface area contributed by atoms with E-state index >= 15 is 0 Å². The molecule has 4 rings (SSSR count). The molecule has 1 aliphatic heterocycles. The molecular formula is C20H22N4O4S2. The zero-order valence-electron chi connectivity index (χ0n) is 16.6. The van der Waals surface area contributed by atoms with Gasteiger partial charge in [0.25, 0.3) is 0 Å². The summed E-state index contributed by atoms with van der Waals surface area (Å²) in [4.78, 5) is 7.72. The number of H-pyrrole nitrogens is 1. The molecule has 2 aromatic heterocycles. The summed E-state index contributed by atoms with van der Waals surface area (Å²) in [5.74, 6) is 0. The van der Waals surface area contributed by atoms with Crippen LogP contribution in [0, 0.1) is 0 Å². The number of hydrogen-bond acceptors (Lipinski definition) is 5. The SMILES string of the molecule is CS(=O)(=O)Nc1ccccc1-c1ccnc2[nH]c(C3=CCN(S(C)(=O)=O)CC3)cc12. The molecule has 8 nitrogen and oxygen atoms in total. The maximum absolute atomic E-state index is 11.8. The highest BCUT2D eigenvalue weighted by Crippen LogP contribution is 2.35. The number of para-hydroxylation sites is 1. The average Bonchev–Trinajstić information content (AvgIpc) is 3.11. The fourth-order valence-corrected chi connectivity index (χ4v) is 4.98. The van der Waals surface area contributed by atoms with Crippen molar-refractivity contribution in [1.82, 2.24) is 14.3 Å². The van der Waals surface area contributed by atoms with Crippen molar-refractivity contribution >= 4 is 42.3 Å². The number of fused-ring (bicyclic) bond motifs is 1. The first-order valence-electron chi connectivity index (χ1n) is 9.31. The molecule has 0 saturated heterocycles. The Kier molecular flexibility index (Phi) is 5.16. The minimum atomic E-state index is -3.43. The van der Waals surface area contributed by atoms with Gasteiger partial charge in [-0.15, -0.1) is 0 Å². The van der Waals surface area contributed by atoms with Crippen LogP contribution in [0.4, 0.5) is 5.69 Å². The molecule has 0 spiro atoms. The van der Waals surface area contributed by atoms with Crippen LogP contribution in [-0.4, -0.2) is 56.7 Å². The Hall–Kier alpha value is -2.69. The highest BCUT2D eigenvalue weighted by Gasteiger charge is 2.21. The van der Waals surface area contributed by atoms with Crippen molar-refractivity contribution in [2.75, 3.05) is 30.3 Å². The summed E-state index contributed by atoms with van der Waals surface area (Å²) in [6.07, 6.45) is 6.52. The van der Waals surface area contributed by atoms with Crippen LogP contribution < -0.4 is 4.72 Å². The van der Waals surface area contributed by atoms with Crippen LogP contribution >= 0.6 is 0 Å². The van der Waals surface area contributed by atoms with Gasteiger partial charge in [-0.05, 0) is 35.8 Å². The molecule has 2 N–H and O–H groups in total. The molecule has 3 heterocycles. The third-order valence-corrected chi connectivity index (χ3v) is 6.89. The van der Waals surface area contributed by atoms with Gasteiger partial charge >= 0.3 is 0 Å². The Labute approximate surface area is 175 Å². The van der Waals surface area contributed by atoms with Crippen molar-refractivity contribution in [3.05, 3.63) is 54.4 Å². The lowest BCUT2D eigenvalue weighted by molar-refractivity contribution is 0.445. The first-order chi connectivity index (χ1) is 14.1. The number of nitrogens with one attached hydrogen (secondary N) is 2. The largest absolute Gasteiger partial charge is 0.339 e. The number of hydrogen-bond donors (Lipinski definition) is 2. The highest BCUT2D eigenvalue weighted by molar-refractivity contribution is 7.92. The normalized spacial score (nSPS) is 15.9. The van der Waals surface area contributed by atoms with Gasteiger partial charge in [0.05, 0.1) is 18.2 Å². The van der Waals surface area contributed by atoms with Gasteiger partial charge in [0.2, 0.25) is 20.0 Å². The van der Waals surface area contributed by atoms with E-state index in [1.165, 1.54) is 10.6 Å². The molecule has 3 aromatic rings. The second-order valence-corrected chi connectivity index (χ2v) is 11.1. The Bertz CT molecular complexity index is 1360. The maximum Gasteiger partial charge on any atom is 0.229 e. The number of pyridine rings is 1. The van der Waals surface area contributed by atoms with Crippen molar-refractivity contribution < 1.29 is 16.8 Å². The van der Waals surface area contributed by atoms with Crippen molar-refractivity contribution in [2.45, 2.75) is 6.42 Å². The van der Waals surface area contributed by atoms with E-state index in [2.05, 4.69) is 14.7 Å². The second kappa shape index (κ2) is 7.53. The second-order valence-electron chi connectivity index (χ2n) is 7.32. The lowest BCUT2D eigenvalue weighted by Gasteiger charge is -2.23. The van der Waals surface area contributed by atoms with Gasteiger partial charge < -0.3 is 4.98 Å². The summed E-state index contributed by atoms with van der Waals surface area (Å²) in [6, 6.07) is 11.0. The quantitative estimate of drug-likeness (QED) is 0.626. The number of rotatable bonds is 5. The standard InChI is InChI=1S/C20H22N4O4S2/c1-29(25,26)23-18-6-4-3-5-16(18)15-7-10-21-20-17(15)13-19(22-20)14-8-11-24(12-9-14)30(2,27)28/h3-8,10,13,23H,9,11-12H2,1-2H3,(H,21,22). The van der Waals surface area contributed by atoms with Gasteiger partial charge in [-0.2, -0.15) is 4.31 Å². The van der Waals surface area contributed by atoms with Gasteiger partial charge in [-0.3, -0.25) is 4.72 Å². The average molecular weight is 447 g/mol. The van der Waals surface area contributed by atoms with Crippen LogP contribution in [0.5, 0.6) is 0 Å².